The predicted molar refractivity (Wildman–Crippen MR) is 101 cm³/mol. The van der Waals surface area contributed by atoms with Crippen molar-refractivity contribution in [3.8, 4) is 0 Å². The lowest BCUT2D eigenvalue weighted by atomic mass is 9.95. The molecule has 1 aromatic heterocycles. The van der Waals surface area contributed by atoms with Gasteiger partial charge in [-0.1, -0.05) is 26.8 Å². The van der Waals surface area contributed by atoms with E-state index in [1.54, 1.807) is 0 Å². The summed E-state index contributed by atoms with van der Waals surface area (Å²) in [6.07, 6.45) is 4.07. The fourth-order valence-electron chi connectivity index (χ4n) is 2.92. The number of halogens is 2. The molecule has 1 aliphatic heterocycles. The van der Waals surface area contributed by atoms with Crippen LogP contribution in [0.4, 0.5) is 8.78 Å². The van der Waals surface area contributed by atoms with Crippen molar-refractivity contribution in [3.63, 3.8) is 0 Å². The van der Waals surface area contributed by atoms with Crippen molar-refractivity contribution in [1.29, 1.82) is 0 Å². The van der Waals surface area contributed by atoms with E-state index in [0.717, 1.165) is 30.4 Å². The topological polar surface area (TPSA) is 43.6 Å². The fourth-order valence-corrected chi connectivity index (χ4v) is 3.97. The van der Waals surface area contributed by atoms with Crippen LogP contribution in [0.3, 0.4) is 0 Å². The Balaban J connectivity index is 2.00. The Morgan fingerprint density at radius 3 is 2.81 bits per heavy atom. The first-order valence-electron chi connectivity index (χ1n) is 9.03. The van der Waals surface area contributed by atoms with E-state index < -0.39 is 18.4 Å². The number of aromatic nitrogens is 1. The first-order valence-corrected chi connectivity index (χ1v) is 9.85. The normalized spacial score (nSPS) is 18.3. The zero-order valence-electron chi connectivity index (χ0n) is 15.8. The maximum absolute atomic E-state index is 14.1. The molecule has 2 aromatic rings. The van der Waals surface area contributed by atoms with Gasteiger partial charge in [0.05, 0.1) is 18.2 Å². The lowest BCUT2D eigenvalue weighted by molar-refractivity contribution is 0.0948. The number of nitrogens with zero attached hydrogens (tertiary/aromatic N) is 2. The lowest BCUT2D eigenvalue weighted by Crippen LogP contribution is -2.23. The summed E-state index contributed by atoms with van der Waals surface area (Å²) in [7, 11) is 0. The third kappa shape index (κ3) is 4.71. The third-order valence-corrected chi connectivity index (χ3v) is 5.94. The van der Waals surface area contributed by atoms with Gasteiger partial charge in [-0.3, -0.25) is 4.79 Å². The summed E-state index contributed by atoms with van der Waals surface area (Å²) in [4.78, 5) is 18.3. The molecule has 0 N–H and O–H groups in total. The van der Waals surface area contributed by atoms with Crippen LogP contribution < -0.4 is 4.80 Å². The molecule has 0 unspecified atom stereocenters. The van der Waals surface area contributed by atoms with Gasteiger partial charge < -0.3 is 9.30 Å². The minimum atomic E-state index is -0.757. The molecule has 1 saturated heterocycles. The molecule has 1 aliphatic rings. The molecule has 2 heterocycles. The Hall–Kier alpha value is -1.86. The van der Waals surface area contributed by atoms with Crippen molar-refractivity contribution in [2.24, 2.45) is 4.99 Å². The van der Waals surface area contributed by atoms with Gasteiger partial charge in [-0.05, 0) is 36.0 Å². The molecule has 0 aliphatic carbocycles. The summed E-state index contributed by atoms with van der Waals surface area (Å²) in [6.45, 7) is 6.86. The Morgan fingerprint density at radius 2 is 2.19 bits per heavy atom. The van der Waals surface area contributed by atoms with Crippen LogP contribution in [0.1, 0.15) is 54.4 Å². The van der Waals surface area contributed by atoms with Crippen molar-refractivity contribution in [1.82, 2.24) is 4.57 Å². The van der Waals surface area contributed by atoms with Gasteiger partial charge in [0.2, 0.25) is 0 Å². The average Bonchev–Trinajstić information content (AvgIpc) is 3.26. The summed E-state index contributed by atoms with van der Waals surface area (Å²) in [5.41, 5.74) is -0.0534. The van der Waals surface area contributed by atoms with Crippen LogP contribution in [-0.4, -0.2) is 23.2 Å². The molecule has 1 atom stereocenters. The molecule has 0 radical (unpaired) electrons. The third-order valence-electron chi connectivity index (χ3n) is 4.50. The largest absolute Gasteiger partial charge is 0.376 e. The number of rotatable bonds is 4. The molecule has 4 nitrogen and oxygen atoms in total. The van der Waals surface area contributed by atoms with Crippen molar-refractivity contribution in [2.75, 3.05) is 6.61 Å². The zero-order chi connectivity index (χ0) is 19.6. The van der Waals surface area contributed by atoms with E-state index in [2.05, 4.69) is 25.8 Å². The van der Waals surface area contributed by atoms with Crippen LogP contribution in [0.25, 0.3) is 0 Å². The zero-order valence-corrected chi connectivity index (χ0v) is 16.6. The summed E-state index contributed by atoms with van der Waals surface area (Å²) in [6, 6.07) is 3.66. The molecule has 146 valence electrons. The lowest BCUT2D eigenvalue weighted by Gasteiger charge is -2.15. The molecule has 1 fully saturated rings. The highest BCUT2D eigenvalue weighted by Crippen LogP contribution is 2.25. The molecule has 0 bridgehead atoms. The molecule has 7 heteroatoms. The molecule has 3 rings (SSSR count). The van der Waals surface area contributed by atoms with E-state index in [1.165, 1.54) is 23.5 Å². The van der Waals surface area contributed by atoms with E-state index in [4.69, 9.17) is 4.74 Å². The smallest absolute Gasteiger partial charge is 0.282 e. The van der Waals surface area contributed by atoms with Crippen LogP contribution in [0.5, 0.6) is 0 Å². The van der Waals surface area contributed by atoms with Gasteiger partial charge in [-0.25, -0.2) is 8.78 Å². The van der Waals surface area contributed by atoms with Crippen molar-refractivity contribution in [3.05, 3.63) is 51.0 Å². The van der Waals surface area contributed by atoms with Crippen LogP contribution in [-0.2, 0) is 23.4 Å². The SMILES string of the molecule is CC(C)(C)c1cn(C[C@H]2CCCO2)/c(=N/C(=O)c2cc(CF)ccc2F)s1. The molecule has 0 spiro atoms. The molecule has 1 aromatic carbocycles. The number of benzene rings is 1. The number of ether oxygens (including phenoxy) is 1. The van der Waals surface area contributed by atoms with Gasteiger partial charge in [-0.2, -0.15) is 4.99 Å². The van der Waals surface area contributed by atoms with Gasteiger partial charge >= 0.3 is 0 Å². The minimum Gasteiger partial charge on any atom is -0.376 e. The number of carbonyl (C=O) groups is 1. The molecular weight excluding hydrogens is 370 g/mol. The van der Waals surface area contributed by atoms with Crippen LogP contribution in [0.15, 0.2) is 29.4 Å². The second-order valence-electron chi connectivity index (χ2n) is 7.78. The van der Waals surface area contributed by atoms with Gasteiger partial charge in [0.25, 0.3) is 5.91 Å². The maximum atomic E-state index is 14.1. The van der Waals surface area contributed by atoms with Crippen molar-refractivity contribution in [2.45, 2.75) is 58.4 Å². The van der Waals surface area contributed by atoms with Crippen LogP contribution in [0.2, 0.25) is 0 Å². The van der Waals surface area contributed by atoms with Gasteiger partial charge in [-0.15, -0.1) is 11.3 Å². The standard InChI is InChI=1S/C20H24F2N2O2S/c1-20(2,3)17-12-24(11-14-5-4-8-26-14)19(27-17)23-18(25)15-9-13(10-21)6-7-16(15)22/h6-7,9,12,14H,4-5,8,10-11H2,1-3H3/b23-19-/t14-/m1/s1. The number of thiazole rings is 1. The summed E-state index contributed by atoms with van der Waals surface area (Å²) < 4.78 is 34.5. The number of alkyl halides is 1. The Morgan fingerprint density at radius 1 is 1.41 bits per heavy atom. The number of amides is 1. The highest BCUT2D eigenvalue weighted by molar-refractivity contribution is 7.09. The Bertz CT molecular complexity index is 890. The Kier molecular flexibility index (Phi) is 5.91. The second-order valence-corrected chi connectivity index (χ2v) is 8.79. The maximum Gasteiger partial charge on any atom is 0.282 e. The van der Waals surface area contributed by atoms with Crippen molar-refractivity contribution >= 4 is 17.2 Å². The van der Waals surface area contributed by atoms with Gasteiger partial charge in [0.1, 0.15) is 12.5 Å². The molecule has 27 heavy (non-hydrogen) atoms. The number of carbonyl (C=O) groups excluding carboxylic acids is 1. The van der Waals surface area contributed by atoms with Gasteiger partial charge in [0, 0.05) is 17.7 Å². The summed E-state index contributed by atoms with van der Waals surface area (Å²) in [5.74, 6) is -1.40. The molecular formula is C20H24F2N2O2S. The predicted octanol–water partition coefficient (Wildman–Crippen LogP) is 4.38. The second kappa shape index (κ2) is 8.02. The minimum absolute atomic E-state index is 0.0908. The Labute approximate surface area is 161 Å². The van der Waals surface area contributed by atoms with E-state index in [9.17, 15) is 13.6 Å². The van der Waals surface area contributed by atoms with E-state index in [-0.39, 0.29) is 22.6 Å². The monoisotopic (exact) mass is 394 g/mol. The van der Waals surface area contributed by atoms with Crippen LogP contribution >= 0.6 is 11.3 Å². The average molecular weight is 394 g/mol. The van der Waals surface area contributed by atoms with E-state index in [0.29, 0.717) is 11.3 Å². The number of hydrogen-bond donors (Lipinski definition) is 0. The summed E-state index contributed by atoms with van der Waals surface area (Å²) in [5, 5.41) is 0. The highest BCUT2D eigenvalue weighted by Gasteiger charge is 2.22. The molecule has 0 saturated carbocycles. The van der Waals surface area contributed by atoms with E-state index in [1.807, 2.05) is 10.8 Å². The van der Waals surface area contributed by atoms with Crippen LogP contribution in [0, 0.1) is 5.82 Å². The van der Waals surface area contributed by atoms with Crippen molar-refractivity contribution < 1.29 is 18.3 Å². The quantitative estimate of drug-likeness (QED) is 0.773. The highest BCUT2D eigenvalue weighted by atomic mass is 32.1. The summed E-state index contributed by atoms with van der Waals surface area (Å²) >= 11 is 1.41. The van der Waals surface area contributed by atoms with Gasteiger partial charge in [0.15, 0.2) is 4.80 Å². The first kappa shape index (κ1) is 19.9. The number of hydrogen-bond acceptors (Lipinski definition) is 3. The fraction of sp³-hybridized carbons (Fsp3) is 0.500. The first-order chi connectivity index (χ1) is 12.8. The molecule has 1 amide bonds. The van der Waals surface area contributed by atoms with E-state index >= 15 is 0 Å².